The van der Waals surface area contributed by atoms with E-state index >= 15 is 0 Å². The standard InChI is InChI=1S/C22H24N8O3/c1-25-15(5-6-23)14-3-4-16(19-18(14)32-9-10-33-19)28-22-29-20(26-7-8-31-2)17-13(11-24)12-27-21(17)30-22/h3-6,12H,7-10,23H2,1-2H3,(H3,26,27,28,29,30). The van der Waals surface area contributed by atoms with E-state index in [2.05, 4.69) is 36.6 Å². The van der Waals surface area contributed by atoms with Crippen molar-refractivity contribution in [3.8, 4) is 17.6 Å². The quantitative estimate of drug-likeness (QED) is 0.300. The molecule has 3 heterocycles. The van der Waals surface area contributed by atoms with E-state index < -0.39 is 0 Å². The third-order valence-electron chi connectivity index (χ3n) is 4.96. The minimum atomic E-state index is 0.323. The lowest BCUT2D eigenvalue weighted by Crippen LogP contribution is -2.19. The molecule has 0 amide bonds. The number of aliphatic imine (C=N–C) groups is 1. The minimum Gasteiger partial charge on any atom is -0.485 e. The SMILES string of the molecule is CN=C(C=CN)c1ccc(Nc2nc(NCCOC)c3c(C#N)c[nH]c3n2)c2c1OCCO2. The Labute approximate surface area is 190 Å². The minimum absolute atomic E-state index is 0.323. The molecule has 4 rings (SSSR count). The highest BCUT2D eigenvalue weighted by Gasteiger charge is 2.23. The lowest BCUT2D eigenvalue weighted by Gasteiger charge is -2.24. The van der Waals surface area contributed by atoms with Gasteiger partial charge in [0.25, 0.3) is 0 Å². The van der Waals surface area contributed by atoms with Crippen molar-refractivity contribution in [3.63, 3.8) is 0 Å². The van der Waals surface area contributed by atoms with Crippen LogP contribution in [0, 0.1) is 11.3 Å². The molecule has 1 aromatic carbocycles. The maximum absolute atomic E-state index is 9.44. The summed E-state index contributed by atoms with van der Waals surface area (Å²) in [6.45, 7) is 1.83. The molecule has 0 unspecified atom stereocenters. The van der Waals surface area contributed by atoms with Gasteiger partial charge in [-0.3, -0.25) is 4.99 Å². The zero-order valence-electron chi connectivity index (χ0n) is 18.3. The first kappa shape index (κ1) is 21.9. The first-order chi connectivity index (χ1) is 16.2. The van der Waals surface area contributed by atoms with Gasteiger partial charge in [0.2, 0.25) is 5.95 Å². The Hall–Kier alpha value is -4.30. The molecule has 2 aromatic heterocycles. The maximum atomic E-state index is 9.44. The van der Waals surface area contributed by atoms with Gasteiger partial charge < -0.3 is 35.6 Å². The van der Waals surface area contributed by atoms with Crippen molar-refractivity contribution in [2.24, 2.45) is 10.7 Å². The van der Waals surface area contributed by atoms with Gasteiger partial charge in [0.1, 0.15) is 30.7 Å². The molecule has 0 saturated carbocycles. The van der Waals surface area contributed by atoms with Crippen molar-refractivity contribution in [1.29, 1.82) is 5.26 Å². The van der Waals surface area contributed by atoms with Crippen molar-refractivity contribution >= 4 is 34.2 Å². The van der Waals surface area contributed by atoms with Crippen molar-refractivity contribution in [2.75, 3.05) is 51.2 Å². The number of rotatable bonds is 8. The number of nitrogens with zero attached hydrogens (tertiary/aromatic N) is 4. The summed E-state index contributed by atoms with van der Waals surface area (Å²) in [7, 11) is 3.30. The average Bonchev–Trinajstić information content (AvgIpc) is 3.26. The molecule has 0 saturated heterocycles. The number of hydrogen-bond donors (Lipinski definition) is 4. The van der Waals surface area contributed by atoms with E-state index in [1.165, 1.54) is 6.20 Å². The molecule has 3 aromatic rings. The largest absolute Gasteiger partial charge is 0.485 e. The highest BCUT2D eigenvalue weighted by molar-refractivity contribution is 6.11. The second-order valence-electron chi connectivity index (χ2n) is 6.96. The molecule has 0 atom stereocenters. The van der Waals surface area contributed by atoms with Gasteiger partial charge in [-0.15, -0.1) is 0 Å². The van der Waals surface area contributed by atoms with Crippen LogP contribution >= 0.6 is 0 Å². The predicted octanol–water partition coefficient (Wildman–Crippen LogP) is 2.29. The van der Waals surface area contributed by atoms with Crippen LogP contribution in [0.15, 0.2) is 35.6 Å². The Kier molecular flexibility index (Phi) is 6.56. The second kappa shape index (κ2) is 9.88. The van der Waals surface area contributed by atoms with E-state index in [-0.39, 0.29) is 0 Å². The zero-order chi connectivity index (χ0) is 23.2. The van der Waals surface area contributed by atoms with E-state index in [1.807, 2.05) is 12.1 Å². The third kappa shape index (κ3) is 4.37. The Balaban J connectivity index is 1.74. The summed E-state index contributed by atoms with van der Waals surface area (Å²) in [4.78, 5) is 16.4. The first-order valence-corrected chi connectivity index (χ1v) is 10.3. The third-order valence-corrected chi connectivity index (χ3v) is 4.96. The van der Waals surface area contributed by atoms with E-state index in [1.54, 1.807) is 26.4 Å². The van der Waals surface area contributed by atoms with Crippen molar-refractivity contribution in [1.82, 2.24) is 15.0 Å². The van der Waals surface area contributed by atoms with Crippen molar-refractivity contribution in [2.45, 2.75) is 0 Å². The lowest BCUT2D eigenvalue weighted by atomic mass is 10.1. The van der Waals surface area contributed by atoms with Gasteiger partial charge in [-0.1, -0.05) is 0 Å². The van der Waals surface area contributed by atoms with Gasteiger partial charge in [-0.25, -0.2) is 0 Å². The molecule has 11 nitrogen and oxygen atoms in total. The number of fused-ring (bicyclic) bond motifs is 2. The van der Waals surface area contributed by atoms with Crippen LogP contribution in [0.1, 0.15) is 11.1 Å². The Bertz CT molecular complexity index is 1260. The monoisotopic (exact) mass is 448 g/mol. The Morgan fingerprint density at radius 1 is 1.33 bits per heavy atom. The smallest absolute Gasteiger partial charge is 0.231 e. The molecular weight excluding hydrogens is 424 g/mol. The van der Waals surface area contributed by atoms with Gasteiger partial charge >= 0.3 is 0 Å². The molecule has 11 heteroatoms. The molecule has 1 aliphatic rings. The summed E-state index contributed by atoms with van der Waals surface area (Å²) in [5, 5.41) is 16.5. The van der Waals surface area contributed by atoms with Crippen LogP contribution in [0.25, 0.3) is 11.0 Å². The van der Waals surface area contributed by atoms with E-state index in [9.17, 15) is 5.26 Å². The van der Waals surface area contributed by atoms with Crippen LogP contribution in [0.5, 0.6) is 11.5 Å². The fourth-order valence-electron chi connectivity index (χ4n) is 3.51. The molecule has 0 aliphatic carbocycles. The number of benzene rings is 1. The van der Waals surface area contributed by atoms with Gasteiger partial charge in [-0.05, 0) is 24.4 Å². The zero-order valence-corrected chi connectivity index (χ0v) is 18.3. The summed E-state index contributed by atoms with van der Waals surface area (Å²) < 4.78 is 16.9. The van der Waals surface area contributed by atoms with Crippen LogP contribution in [-0.4, -0.2) is 61.2 Å². The van der Waals surface area contributed by atoms with Crippen LogP contribution in [0.2, 0.25) is 0 Å². The summed E-state index contributed by atoms with van der Waals surface area (Å²) in [6.07, 6.45) is 4.74. The number of aromatic amines is 1. The number of nitriles is 1. The number of ether oxygens (including phenoxy) is 3. The van der Waals surface area contributed by atoms with Crippen molar-refractivity contribution in [3.05, 3.63) is 41.7 Å². The lowest BCUT2D eigenvalue weighted by molar-refractivity contribution is 0.172. The number of methoxy groups -OCH3 is 1. The molecular formula is C22H24N8O3. The normalized spacial score (nSPS) is 13.3. The molecule has 0 bridgehead atoms. The van der Waals surface area contributed by atoms with Crippen LogP contribution in [0.4, 0.5) is 17.5 Å². The van der Waals surface area contributed by atoms with Crippen LogP contribution < -0.4 is 25.8 Å². The number of hydrogen-bond acceptors (Lipinski definition) is 10. The number of nitrogens with one attached hydrogen (secondary N) is 3. The fraction of sp³-hybridized carbons (Fsp3) is 0.273. The van der Waals surface area contributed by atoms with Crippen molar-refractivity contribution < 1.29 is 14.2 Å². The molecule has 170 valence electrons. The highest BCUT2D eigenvalue weighted by Crippen LogP contribution is 2.42. The molecule has 0 fully saturated rings. The number of H-pyrrole nitrogens is 1. The van der Waals surface area contributed by atoms with E-state index in [0.717, 1.165) is 5.56 Å². The summed E-state index contributed by atoms with van der Waals surface area (Å²) in [5.41, 5.74) is 8.62. The first-order valence-electron chi connectivity index (χ1n) is 10.3. The van der Waals surface area contributed by atoms with E-state index in [0.29, 0.717) is 77.6 Å². The average molecular weight is 448 g/mol. The highest BCUT2D eigenvalue weighted by atomic mass is 16.6. The Morgan fingerprint density at radius 2 is 2.15 bits per heavy atom. The second-order valence-corrected chi connectivity index (χ2v) is 6.96. The Morgan fingerprint density at radius 3 is 2.88 bits per heavy atom. The van der Waals surface area contributed by atoms with Gasteiger partial charge in [0.05, 0.1) is 29.0 Å². The molecule has 5 N–H and O–H groups in total. The van der Waals surface area contributed by atoms with Gasteiger partial charge in [0, 0.05) is 32.5 Å². The maximum Gasteiger partial charge on any atom is 0.231 e. The number of allylic oxidation sites excluding steroid dienone is 1. The summed E-state index contributed by atoms with van der Waals surface area (Å²) in [5.74, 6) is 1.95. The molecule has 0 radical (unpaired) electrons. The van der Waals surface area contributed by atoms with Crippen LogP contribution in [0.3, 0.4) is 0 Å². The van der Waals surface area contributed by atoms with Gasteiger partial charge in [-0.2, -0.15) is 15.2 Å². The van der Waals surface area contributed by atoms with Crippen LogP contribution in [-0.2, 0) is 4.74 Å². The number of anilines is 3. The molecule has 0 spiro atoms. The number of aromatic nitrogens is 3. The summed E-state index contributed by atoms with van der Waals surface area (Å²) >= 11 is 0. The fourth-order valence-corrected chi connectivity index (χ4v) is 3.51. The predicted molar refractivity (Wildman–Crippen MR) is 125 cm³/mol. The van der Waals surface area contributed by atoms with E-state index in [4.69, 9.17) is 19.9 Å². The van der Waals surface area contributed by atoms with Gasteiger partial charge in [0.15, 0.2) is 11.5 Å². The topological polar surface area (TPSA) is 155 Å². The molecule has 33 heavy (non-hydrogen) atoms. The molecule has 1 aliphatic heterocycles. The number of nitrogens with two attached hydrogens (primary N) is 1. The summed E-state index contributed by atoms with van der Waals surface area (Å²) in [6, 6.07) is 5.88.